The number of aliphatic hydroxyl groups excluding tert-OH is 1. The molecule has 4 heterocycles. The standard InChI is InChI=1S/C35H38Cl2N6O5/c1-46-34-26(11-3-6-20-12-13-31(45)41-20)39-16-27(42-34)23-9-4-7-21(32(23)36)22-8-5-10-24(33(22)37)28-17-40-29(35(43-28)47-2)18-38-25-14-15-48-19-30(25)44/h4-5,7-10,16-17,20,25,30,38,44H,3,6,11-15,18-19H2,1-2H3,(H,41,45)/t20-,25+,30+/m1/s1. The van der Waals surface area contributed by atoms with Crippen molar-refractivity contribution in [3.63, 3.8) is 0 Å². The predicted molar refractivity (Wildman–Crippen MR) is 183 cm³/mol. The summed E-state index contributed by atoms with van der Waals surface area (Å²) in [6, 6.07) is 11.5. The number of aromatic nitrogens is 4. The van der Waals surface area contributed by atoms with Gasteiger partial charge in [-0.1, -0.05) is 59.6 Å². The van der Waals surface area contributed by atoms with E-state index in [9.17, 15) is 9.90 Å². The number of hydrogen-bond donors (Lipinski definition) is 3. The van der Waals surface area contributed by atoms with Crippen molar-refractivity contribution in [1.82, 2.24) is 30.6 Å². The second-order valence-electron chi connectivity index (χ2n) is 11.9. The first-order valence-corrected chi connectivity index (χ1v) is 16.8. The fourth-order valence-corrected chi connectivity index (χ4v) is 6.80. The second kappa shape index (κ2) is 15.6. The molecule has 0 radical (unpaired) electrons. The maximum atomic E-state index is 11.5. The molecule has 0 unspecified atom stereocenters. The smallest absolute Gasteiger partial charge is 0.237 e. The van der Waals surface area contributed by atoms with E-state index in [1.54, 1.807) is 26.6 Å². The highest BCUT2D eigenvalue weighted by Crippen LogP contribution is 2.42. The van der Waals surface area contributed by atoms with Gasteiger partial charge in [-0.15, -0.1) is 0 Å². The van der Waals surface area contributed by atoms with Gasteiger partial charge in [-0.2, -0.15) is 0 Å². The van der Waals surface area contributed by atoms with Gasteiger partial charge in [0.15, 0.2) is 0 Å². The lowest BCUT2D eigenvalue weighted by Crippen LogP contribution is -2.46. The largest absolute Gasteiger partial charge is 0.480 e. The molecule has 48 heavy (non-hydrogen) atoms. The van der Waals surface area contributed by atoms with E-state index in [0.29, 0.717) is 89.0 Å². The molecule has 2 aromatic carbocycles. The van der Waals surface area contributed by atoms with E-state index in [1.165, 1.54) is 0 Å². The average Bonchev–Trinajstić information content (AvgIpc) is 3.53. The molecule has 13 heteroatoms. The minimum atomic E-state index is -0.582. The number of aliphatic hydroxyl groups is 1. The lowest BCUT2D eigenvalue weighted by Gasteiger charge is -2.28. The van der Waals surface area contributed by atoms with E-state index in [0.717, 1.165) is 36.1 Å². The van der Waals surface area contributed by atoms with Crippen molar-refractivity contribution < 1.29 is 24.1 Å². The third-order valence-corrected chi connectivity index (χ3v) is 9.57. The van der Waals surface area contributed by atoms with Crippen molar-refractivity contribution in [2.24, 2.45) is 0 Å². The van der Waals surface area contributed by atoms with Gasteiger partial charge in [-0.25, -0.2) is 9.97 Å². The minimum Gasteiger partial charge on any atom is -0.480 e. The molecule has 0 bridgehead atoms. The number of amides is 1. The van der Waals surface area contributed by atoms with Crippen LogP contribution < -0.4 is 20.1 Å². The van der Waals surface area contributed by atoms with Crippen LogP contribution in [0.15, 0.2) is 48.8 Å². The van der Waals surface area contributed by atoms with E-state index in [2.05, 4.69) is 20.6 Å². The molecule has 2 aliphatic rings. The fraction of sp³-hybridized carbons (Fsp3) is 0.400. The zero-order valence-corrected chi connectivity index (χ0v) is 28.4. The van der Waals surface area contributed by atoms with E-state index in [4.69, 9.17) is 47.4 Å². The molecular weight excluding hydrogens is 655 g/mol. The summed E-state index contributed by atoms with van der Waals surface area (Å²) in [4.78, 5) is 30.3. The molecule has 3 atom stereocenters. The monoisotopic (exact) mass is 692 g/mol. The summed E-state index contributed by atoms with van der Waals surface area (Å²) < 4.78 is 16.5. The van der Waals surface area contributed by atoms with Gasteiger partial charge in [0, 0.05) is 53.9 Å². The van der Waals surface area contributed by atoms with Crippen molar-refractivity contribution in [3.05, 3.63) is 70.2 Å². The number of hydrogen-bond acceptors (Lipinski definition) is 10. The fourth-order valence-electron chi connectivity index (χ4n) is 6.15. The summed E-state index contributed by atoms with van der Waals surface area (Å²) >= 11 is 14.1. The van der Waals surface area contributed by atoms with Gasteiger partial charge in [0.05, 0.1) is 60.8 Å². The van der Waals surface area contributed by atoms with Crippen LogP contribution in [0.5, 0.6) is 11.8 Å². The lowest BCUT2D eigenvalue weighted by atomic mass is 9.98. The molecule has 2 saturated heterocycles. The number of ether oxygens (including phenoxy) is 3. The van der Waals surface area contributed by atoms with E-state index >= 15 is 0 Å². The third kappa shape index (κ3) is 7.55. The highest BCUT2D eigenvalue weighted by molar-refractivity contribution is 6.39. The van der Waals surface area contributed by atoms with E-state index < -0.39 is 6.10 Å². The third-order valence-electron chi connectivity index (χ3n) is 8.76. The summed E-state index contributed by atoms with van der Waals surface area (Å²) in [6.07, 6.45) is 7.38. The molecular formula is C35H38Cl2N6O5. The van der Waals surface area contributed by atoms with Crippen LogP contribution in [0.1, 0.15) is 43.5 Å². The van der Waals surface area contributed by atoms with Crippen LogP contribution in [-0.4, -0.2) is 76.6 Å². The first-order chi connectivity index (χ1) is 23.4. The van der Waals surface area contributed by atoms with Crippen molar-refractivity contribution in [1.29, 1.82) is 0 Å². The zero-order chi connectivity index (χ0) is 33.6. The Kier molecular flexibility index (Phi) is 11.0. The Morgan fingerprint density at radius 2 is 1.52 bits per heavy atom. The molecule has 4 aromatic rings. The Morgan fingerprint density at radius 3 is 2.10 bits per heavy atom. The quantitative estimate of drug-likeness (QED) is 0.176. The molecule has 0 aliphatic carbocycles. The van der Waals surface area contributed by atoms with Gasteiger partial charge >= 0.3 is 0 Å². The Bertz CT molecular complexity index is 1780. The molecule has 2 aromatic heterocycles. The zero-order valence-electron chi connectivity index (χ0n) is 26.8. The summed E-state index contributed by atoms with van der Waals surface area (Å²) in [6.45, 7) is 1.28. The van der Waals surface area contributed by atoms with E-state index in [1.807, 2.05) is 36.4 Å². The molecule has 3 N–H and O–H groups in total. The van der Waals surface area contributed by atoms with Crippen molar-refractivity contribution >= 4 is 29.1 Å². The summed E-state index contributed by atoms with van der Waals surface area (Å²) in [7, 11) is 3.13. The SMILES string of the molecule is COc1nc(-c2cccc(-c3cccc(-c4cnc(CN[C@H]5CCOC[C@@H]5O)c(OC)n4)c3Cl)c2Cl)cnc1CCC[C@@H]1CCC(=O)N1. The van der Waals surface area contributed by atoms with Gasteiger partial charge in [0.2, 0.25) is 17.7 Å². The van der Waals surface area contributed by atoms with Crippen LogP contribution in [0.3, 0.4) is 0 Å². The molecule has 6 rings (SSSR count). The number of halogens is 2. The van der Waals surface area contributed by atoms with Gasteiger partial charge in [0.25, 0.3) is 0 Å². The number of benzene rings is 2. The van der Waals surface area contributed by atoms with Crippen LogP contribution >= 0.6 is 23.2 Å². The van der Waals surface area contributed by atoms with E-state index in [-0.39, 0.29) is 18.0 Å². The molecule has 11 nitrogen and oxygen atoms in total. The Balaban J connectivity index is 1.22. The van der Waals surface area contributed by atoms with Gasteiger partial charge in [0.1, 0.15) is 11.4 Å². The first-order valence-electron chi connectivity index (χ1n) is 16.0. The minimum absolute atomic E-state index is 0.0976. The molecule has 0 spiro atoms. The van der Waals surface area contributed by atoms with Crippen LogP contribution in [0, 0.1) is 0 Å². The number of nitrogens with one attached hydrogen (secondary N) is 2. The number of carbonyl (C=O) groups is 1. The molecule has 2 aliphatic heterocycles. The number of aryl methyl sites for hydroxylation is 1. The Hall–Kier alpha value is -3.87. The normalized spacial score (nSPS) is 19.3. The Labute approximate surface area is 289 Å². The first kappa shape index (κ1) is 34.0. The lowest BCUT2D eigenvalue weighted by molar-refractivity contribution is -0.119. The van der Waals surface area contributed by atoms with Crippen LogP contribution in [0.2, 0.25) is 10.0 Å². The van der Waals surface area contributed by atoms with Crippen LogP contribution in [0.4, 0.5) is 0 Å². The number of nitrogens with zero attached hydrogens (tertiary/aromatic N) is 4. The maximum absolute atomic E-state index is 11.5. The summed E-state index contributed by atoms with van der Waals surface area (Å²) in [5.74, 6) is 0.929. The predicted octanol–water partition coefficient (Wildman–Crippen LogP) is 5.43. The van der Waals surface area contributed by atoms with Crippen molar-refractivity contribution in [2.75, 3.05) is 27.4 Å². The molecule has 252 valence electrons. The number of methoxy groups -OCH3 is 2. The second-order valence-corrected chi connectivity index (χ2v) is 12.6. The highest BCUT2D eigenvalue weighted by Gasteiger charge is 2.25. The number of rotatable bonds is 12. The topological polar surface area (TPSA) is 141 Å². The average molecular weight is 694 g/mol. The van der Waals surface area contributed by atoms with Crippen LogP contribution in [-0.2, 0) is 22.5 Å². The van der Waals surface area contributed by atoms with Crippen molar-refractivity contribution in [2.45, 2.75) is 63.3 Å². The maximum Gasteiger partial charge on any atom is 0.237 e. The van der Waals surface area contributed by atoms with Crippen LogP contribution in [0.25, 0.3) is 33.6 Å². The molecule has 2 fully saturated rings. The summed E-state index contributed by atoms with van der Waals surface area (Å²) in [5, 5.41) is 17.5. The molecule has 1 amide bonds. The van der Waals surface area contributed by atoms with Gasteiger partial charge in [-0.05, 0) is 32.1 Å². The highest BCUT2D eigenvalue weighted by atomic mass is 35.5. The Morgan fingerprint density at radius 1 is 0.917 bits per heavy atom. The van der Waals surface area contributed by atoms with Gasteiger partial charge in [-0.3, -0.25) is 14.8 Å². The summed E-state index contributed by atoms with van der Waals surface area (Å²) in [5.41, 5.74) is 5.30. The van der Waals surface area contributed by atoms with Gasteiger partial charge < -0.3 is 30.0 Å². The number of carbonyl (C=O) groups excluding carboxylic acids is 1. The molecule has 0 saturated carbocycles. The van der Waals surface area contributed by atoms with Crippen molar-refractivity contribution in [3.8, 4) is 45.4 Å².